The molecule has 2 aromatic carbocycles. The molecule has 25 heavy (non-hydrogen) atoms. The van der Waals surface area contributed by atoms with E-state index in [1.165, 1.54) is 18.8 Å². The van der Waals surface area contributed by atoms with Crippen molar-refractivity contribution in [2.75, 3.05) is 14.2 Å². The average Bonchev–Trinajstić information content (AvgIpc) is 2.65. The van der Waals surface area contributed by atoms with Crippen LogP contribution in [0.25, 0.3) is 16.6 Å². The Morgan fingerprint density at radius 2 is 1.68 bits per heavy atom. The Morgan fingerprint density at radius 1 is 1.04 bits per heavy atom. The molecule has 2 N–H and O–H groups in total. The molecule has 128 valence electrons. The summed E-state index contributed by atoms with van der Waals surface area (Å²) < 4.78 is 13.7. The number of aromatic nitrogens is 2. The first-order valence-electron chi connectivity index (χ1n) is 7.74. The second-order valence-electron chi connectivity index (χ2n) is 5.42. The molecule has 6 nitrogen and oxygen atoms in total. The molecule has 0 fully saturated rings. The predicted molar refractivity (Wildman–Crippen MR) is 92.3 cm³/mol. The number of ether oxygens (including phenoxy) is 2. The SMILES string of the molecule is C=CC[n+]1c(O)[n+](-c2ccccc2)c(O)c2cc(OC)c(OC)cc21. The van der Waals surface area contributed by atoms with Gasteiger partial charge in [0.1, 0.15) is 0 Å². The van der Waals surface area contributed by atoms with Gasteiger partial charge in [-0.05, 0) is 10.6 Å². The first-order chi connectivity index (χ1) is 12.1. The molecule has 0 saturated carbocycles. The van der Waals surface area contributed by atoms with Gasteiger partial charge in [-0.25, -0.2) is 0 Å². The van der Waals surface area contributed by atoms with Crippen LogP contribution in [0.2, 0.25) is 0 Å². The Labute approximate surface area is 145 Å². The Morgan fingerprint density at radius 3 is 2.28 bits per heavy atom. The summed E-state index contributed by atoms with van der Waals surface area (Å²) in [6, 6.07) is 12.4. The van der Waals surface area contributed by atoms with Crippen molar-refractivity contribution in [2.24, 2.45) is 0 Å². The summed E-state index contributed by atoms with van der Waals surface area (Å²) >= 11 is 0. The number of nitrogens with zero attached hydrogens (tertiary/aromatic N) is 2. The smallest absolute Gasteiger partial charge is 0.493 e. The molecular weight excluding hydrogens is 320 g/mol. The number of hydrogen-bond acceptors (Lipinski definition) is 4. The fourth-order valence-electron chi connectivity index (χ4n) is 2.84. The maximum absolute atomic E-state index is 10.8. The molecule has 0 atom stereocenters. The lowest BCUT2D eigenvalue weighted by Crippen LogP contribution is -2.46. The molecule has 0 bridgehead atoms. The van der Waals surface area contributed by atoms with Gasteiger partial charge in [0.2, 0.25) is 11.2 Å². The number of fused-ring (bicyclic) bond motifs is 1. The summed E-state index contributed by atoms with van der Waals surface area (Å²) in [6.45, 7) is 4.10. The van der Waals surface area contributed by atoms with E-state index in [-0.39, 0.29) is 11.9 Å². The minimum Gasteiger partial charge on any atom is -0.493 e. The fourth-order valence-corrected chi connectivity index (χ4v) is 2.84. The molecule has 0 aliphatic heterocycles. The molecule has 1 heterocycles. The normalized spacial score (nSPS) is 10.6. The van der Waals surface area contributed by atoms with Crippen molar-refractivity contribution in [3.63, 3.8) is 0 Å². The molecule has 0 radical (unpaired) electrons. The lowest BCUT2D eigenvalue weighted by atomic mass is 10.2. The maximum atomic E-state index is 10.8. The van der Waals surface area contributed by atoms with E-state index in [0.29, 0.717) is 34.6 Å². The van der Waals surface area contributed by atoms with Crippen LogP contribution >= 0.6 is 0 Å². The number of methoxy groups -OCH3 is 2. The largest absolute Gasteiger partial charge is 0.638 e. The first-order valence-corrected chi connectivity index (χ1v) is 7.74. The van der Waals surface area contributed by atoms with Gasteiger partial charge in [0.05, 0.1) is 20.3 Å². The van der Waals surface area contributed by atoms with Gasteiger partial charge in [-0.3, -0.25) is 0 Å². The molecule has 1 aromatic heterocycles. The van der Waals surface area contributed by atoms with E-state index in [4.69, 9.17) is 9.47 Å². The summed E-state index contributed by atoms with van der Waals surface area (Å²) in [5.74, 6) is 0.893. The Bertz CT molecular complexity index is 940. The summed E-state index contributed by atoms with van der Waals surface area (Å²) in [6.07, 6.45) is 1.67. The molecule has 0 aliphatic rings. The van der Waals surface area contributed by atoms with Crippen molar-refractivity contribution in [3.05, 3.63) is 55.1 Å². The van der Waals surface area contributed by atoms with Crippen LogP contribution < -0.4 is 18.6 Å². The quantitative estimate of drug-likeness (QED) is 0.551. The molecule has 6 heteroatoms. The minimum atomic E-state index is -0.122. The molecule has 0 amide bonds. The predicted octanol–water partition coefficient (Wildman–Crippen LogP) is 2.02. The van der Waals surface area contributed by atoms with Crippen LogP contribution in [0.4, 0.5) is 0 Å². The van der Waals surface area contributed by atoms with Gasteiger partial charge in [0, 0.05) is 18.2 Å². The van der Waals surface area contributed by atoms with Gasteiger partial charge < -0.3 is 19.7 Å². The van der Waals surface area contributed by atoms with E-state index in [0.717, 1.165) is 0 Å². The van der Waals surface area contributed by atoms with Crippen molar-refractivity contribution >= 4 is 10.9 Å². The maximum Gasteiger partial charge on any atom is 0.638 e. The lowest BCUT2D eigenvalue weighted by molar-refractivity contribution is -0.776. The van der Waals surface area contributed by atoms with Crippen LogP contribution in [0, 0.1) is 0 Å². The number of benzene rings is 2. The second-order valence-corrected chi connectivity index (χ2v) is 5.42. The van der Waals surface area contributed by atoms with Crippen LogP contribution in [-0.2, 0) is 6.54 Å². The molecule has 3 aromatic rings. The number of rotatable bonds is 5. The van der Waals surface area contributed by atoms with E-state index in [1.807, 2.05) is 18.2 Å². The summed E-state index contributed by atoms with van der Waals surface area (Å²) in [7, 11) is 3.07. The highest BCUT2D eigenvalue weighted by Gasteiger charge is 2.35. The molecular formula is C19H20N2O4+2. The number of hydrogen-bond donors (Lipinski definition) is 2. The topological polar surface area (TPSA) is 66.7 Å². The van der Waals surface area contributed by atoms with E-state index >= 15 is 0 Å². The van der Waals surface area contributed by atoms with E-state index in [2.05, 4.69) is 6.58 Å². The molecule has 0 spiro atoms. The van der Waals surface area contributed by atoms with Gasteiger partial charge in [-0.1, -0.05) is 29.3 Å². The third kappa shape index (κ3) is 2.71. The average molecular weight is 340 g/mol. The van der Waals surface area contributed by atoms with E-state index < -0.39 is 0 Å². The molecule has 3 rings (SSSR count). The van der Waals surface area contributed by atoms with Crippen molar-refractivity contribution < 1.29 is 28.8 Å². The highest BCUT2D eigenvalue weighted by Crippen LogP contribution is 2.34. The van der Waals surface area contributed by atoms with Crippen molar-refractivity contribution in [1.29, 1.82) is 0 Å². The number of aromatic hydroxyl groups is 2. The van der Waals surface area contributed by atoms with Crippen molar-refractivity contribution in [1.82, 2.24) is 0 Å². The van der Waals surface area contributed by atoms with Crippen LogP contribution in [0.3, 0.4) is 0 Å². The standard InChI is InChI=1S/C19H18N2O4/c1-4-10-20-15-12-17(25-3)16(24-2)11-14(15)18(22)21(19(20)23)13-8-6-5-7-9-13/h4-9,11-12H,1,10H2,2-3H3/p+2. The van der Waals surface area contributed by atoms with Crippen LogP contribution in [0.15, 0.2) is 55.1 Å². The fraction of sp³-hybridized carbons (Fsp3) is 0.158. The van der Waals surface area contributed by atoms with Gasteiger partial charge in [-0.15, -0.1) is 0 Å². The zero-order chi connectivity index (χ0) is 18.0. The Kier molecular flexibility index (Phi) is 4.43. The van der Waals surface area contributed by atoms with Gasteiger partial charge in [0.15, 0.2) is 23.4 Å². The second kappa shape index (κ2) is 6.68. The van der Waals surface area contributed by atoms with Crippen LogP contribution in [0.5, 0.6) is 23.4 Å². The van der Waals surface area contributed by atoms with Crippen LogP contribution in [0.1, 0.15) is 0 Å². The monoisotopic (exact) mass is 340 g/mol. The van der Waals surface area contributed by atoms with E-state index in [9.17, 15) is 10.2 Å². The van der Waals surface area contributed by atoms with Crippen molar-refractivity contribution in [3.8, 4) is 29.1 Å². The molecule has 0 unspecified atom stereocenters. The van der Waals surface area contributed by atoms with Gasteiger partial charge >= 0.3 is 11.9 Å². The third-order valence-corrected chi connectivity index (χ3v) is 4.01. The molecule has 0 aliphatic carbocycles. The number of para-hydroxylation sites is 1. The van der Waals surface area contributed by atoms with Crippen molar-refractivity contribution in [2.45, 2.75) is 6.54 Å². The zero-order valence-corrected chi connectivity index (χ0v) is 14.1. The van der Waals surface area contributed by atoms with Crippen LogP contribution in [-0.4, -0.2) is 24.4 Å². The van der Waals surface area contributed by atoms with E-state index in [1.54, 1.807) is 34.9 Å². The highest BCUT2D eigenvalue weighted by molar-refractivity contribution is 5.83. The third-order valence-electron chi connectivity index (χ3n) is 4.01. The summed E-state index contributed by atoms with van der Waals surface area (Å²) in [4.78, 5) is 0. The minimum absolute atomic E-state index is 0.0973. The lowest BCUT2D eigenvalue weighted by Gasteiger charge is -2.09. The Hall–Kier alpha value is -3.28. The van der Waals surface area contributed by atoms with Gasteiger partial charge in [0.25, 0.3) is 0 Å². The summed E-state index contributed by atoms with van der Waals surface area (Å²) in [5, 5.41) is 22.1. The zero-order valence-electron chi connectivity index (χ0n) is 14.1. The highest BCUT2D eigenvalue weighted by atomic mass is 16.5. The first kappa shape index (κ1) is 16.6. The summed E-state index contributed by atoms with van der Waals surface area (Å²) in [5.41, 5.74) is 1.23. The number of allylic oxidation sites excluding steroid dienone is 1. The molecule has 0 saturated heterocycles. The van der Waals surface area contributed by atoms with Gasteiger partial charge in [-0.2, -0.15) is 0 Å². The Balaban J connectivity index is 2.45.